The first-order chi connectivity index (χ1) is 17.0. The molecular formula is C28H24N6O. The summed E-state index contributed by atoms with van der Waals surface area (Å²) in [5.41, 5.74) is 6.88. The lowest BCUT2D eigenvalue weighted by molar-refractivity contribution is -0.133. The number of imidazole rings is 1. The summed E-state index contributed by atoms with van der Waals surface area (Å²) in [6.45, 7) is 3.18. The fourth-order valence-electron chi connectivity index (χ4n) is 6.04. The van der Waals surface area contributed by atoms with Crippen molar-refractivity contribution < 1.29 is 4.79 Å². The fourth-order valence-corrected chi connectivity index (χ4v) is 6.04. The van der Waals surface area contributed by atoms with Crippen LogP contribution >= 0.6 is 0 Å². The van der Waals surface area contributed by atoms with Crippen molar-refractivity contribution in [2.24, 2.45) is 5.41 Å². The number of hydrogen-bond acceptors (Lipinski definition) is 4. The number of benzene rings is 2. The topological polar surface area (TPSA) is 70.1 Å². The predicted molar refractivity (Wildman–Crippen MR) is 133 cm³/mol. The molecule has 1 spiro atoms. The van der Waals surface area contributed by atoms with Gasteiger partial charge in [0.1, 0.15) is 0 Å². The summed E-state index contributed by atoms with van der Waals surface area (Å²) in [6.07, 6.45) is 6.91. The summed E-state index contributed by atoms with van der Waals surface area (Å²) in [4.78, 5) is 22.2. The SMILES string of the molecule is CN1CC2(CCN(c3ccc4c(c3)Cn3cc(-c5ccc(C#N)cc5)cc3-c3nccn3-4)C2=O)C1. The van der Waals surface area contributed by atoms with E-state index < -0.39 is 0 Å². The van der Waals surface area contributed by atoms with Crippen LogP contribution < -0.4 is 4.90 Å². The third-order valence-electron chi connectivity index (χ3n) is 7.75. The number of nitriles is 1. The Hall–Kier alpha value is -4.15. The maximum Gasteiger partial charge on any atom is 0.235 e. The number of carbonyl (C=O) groups is 1. The molecule has 1 amide bonds. The van der Waals surface area contributed by atoms with Crippen LogP contribution in [0, 0.1) is 16.7 Å². The van der Waals surface area contributed by atoms with Gasteiger partial charge in [-0.2, -0.15) is 5.26 Å². The number of fused-ring (bicyclic) bond motifs is 5. The molecule has 0 N–H and O–H groups in total. The van der Waals surface area contributed by atoms with Gasteiger partial charge in [-0.05, 0) is 61.0 Å². The minimum atomic E-state index is -0.192. The first-order valence-corrected chi connectivity index (χ1v) is 11.9. The molecule has 7 nitrogen and oxygen atoms in total. The number of hydrogen-bond donors (Lipinski definition) is 0. The molecule has 7 heteroatoms. The number of likely N-dealkylation sites (tertiary alicyclic amines) is 1. The van der Waals surface area contributed by atoms with E-state index in [4.69, 9.17) is 5.26 Å². The molecule has 5 heterocycles. The molecular weight excluding hydrogens is 436 g/mol. The Balaban J connectivity index is 1.28. The maximum atomic E-state index is 13.3. The average Bonchev–Trinajstić information content (AvgIpc) is 3.56. The van der Waals surface area contributed by atoms with Crippen LogP contribution in [0.5, 0.6) is 0 Å². The van der Waals surface area contributed by atoms with E-state index in [0.717, 1.165) is 65.6 Å². The number of anilines is 1. The highest BCUT2D eigenvalue weighted by Crippen LogP contribution is 2.42. The van der Waals surface area contributed by atoms with E-state index in [2.05, 4.69) is 62.6 Å². The van der Waals surface area contributed by atoms with Gasteiger partial charge in [0.05, 0.1) is 28.4 Å². The zero-order chi connectivity index (χ0) is 23.7. The number of carbonyl (C=O) groups excluding carboxylic acids is 1. The van der Waals surface area contributed by atoms with Gasteiger partial charge < -0.3 is 14.4 Å². The summed E-state index contributed by atoms with van der Waals surface area (Å²) in [5.74, 6) is 1.15. The van der Waals surface area contributed by atoms with E-state index in [9.17, 15) is 4.79 Å². The zero-order valence-corrected chi connectivity index (χ0v) is 19.5. The van der Waals surface area contributed by atoms with Crippen molar-refractivity contribution in [2.75, 3.05) is 31.6 Å². The van der Waals surface area contributed by atoms with Gasteiger partial charge in [0, 0.05) is 56.0 Å². The normalized spacial score (nSPS) is 17.9. The van der Waals surface area contributed by atoms with Crippen molar-refractivity contribution in [1.82, 2.24) is 19.0 Å². The summed E-state index contributed by atoms with van der Waals surface area (Å²) >= 11 is 0. The largest absolute Gasteiger partial charge is 0.340 e. The van der Waals surface area contributed by atoms with Crippen molar-refractivity contribution in [2.45, 2.75) is 13.0 Å². The highest BCUT2D eigenvalue weighted by Gasteiger charge is 2.53. The van der Waals surface area contributed by atoms with Gasteiger partial charge in [-0.3, -0.25) is 9.36 Å². The standard InChI is InChI=1S/C28H24N6O/c1-31-17-28(18-31)8-10-33(27(28)35)23-6-7-24-22(12-23)16-32-15-21(20-4-2-19(14-29)3-5-20)13-25(32)26-30-9-11-34(24)26/h2-7,9,11-13,15H,8,10,16-18H2,1H3. The van der Waals surface area contributed by atoms with Crippen LogP contribution in [-0.2, 0) is 11.3 Å². The van der Waals surface area contributed by atoms with Gasteiger partial charge in [-0.25, -0.2) is 4.98 Å². The molecule has 0 radical (unpaired) electrons. The molecule has 172 valence electrons. The summed E-state index contributed by atoms with van der Waals surface area (Å²) in [5, 5.41) is 9.12. The summed E-state index contributed by atoms with van der Waals surface area (Å²) in [6, 6.07) is 18.4. The van der Waals surface area contributed by atoms with Crippen LogP contribution in [-0.4, -0.2) is 51.6 Å². The van der Waals surface area contributed by atoms with Gasteiger partial charge in [-0.1, -0.05) is 12.1 Å². The van der Waals surface area contributed by atoms with Gasteiger partial charge >= 0.3 is 0 Å². The molecule has 3 aliphatic rings. The lowest BCUT2D eigenvalue weighted by atomic mass is 9.79. The quantitative estimate of drug-likeness (QED) is 0.401. The fraction of sp³-hybridized carbons (Fsp3) is 0.250. The van der Waals surface area contributed by atoms with Crippen LogP contribution in [0.15, 0.2) is 67.1 Å². The number of amides is 1. The molecule has 3 aliphatic heterocycles. The van der Waals surface area contributed by atoms with Gasteiger partial charge in [0.15, 0.2) is 5.82 Å². The molecule has 7 rings (SSSR count). The minimum Gasteiger partial charge on any atom is -0.340 e. The Kier molecular flexibility index (Phi) is 4.15. The van der Waals surface area contributed by atoms with E-state index in [1.807, 2.05) is 41.6 Å². The van der Waals surface area contributed by atoms with E-state index in [1.54, 1.807) is 0 Å². The lowest BCUT2D eigenvalue weighted by Gasteiger charge is -2.44. The second kappa shape index (κ2) is 7.17. The van der Waals surface area contributed by atoms with E-state index >= 15 is 0 Å². The second-order valence-corrected chi connectivity index (χ2v) is 10.0. The van der Waals surface area contributed by atoms with E-state index in [1.165, 1.54) is 0 Å². The molecule has 0 unspecified atom stereocenters. The highest BCUT2D eigenvalue weighted by atomic mass is 16.2. The number of nitrogens with zero attached hydrogens (tertiary/aromatic N) is 6. The summed E-state index contributed by atoms with van der Waals surface area (Å²) < 4.78 is 4.37. The van der Waals surface area contributed by atoms with Crippen molar-refractivity contribution in [1.29, 1.82) is 5.26 Å². The lowest BCUT2D eigenvalue weighted by Crippen LogP contribution is -2.58. The third kappa shape index (κ3) is 2.93. The number of rotatable bonds is 2. The molecule has 4 aromatic rings. The van der Waals surface area contributed by atoms with Gasteiger partial charge in [0.25, 0.3) is 0 Å². The Morgan fingerprint density at radius 3 is 2.66 bits per heavy atom. The molecule has 2 fully saturated rings. The zero-order valence-electron chi connectivity index (χ0n) is 19.5. The van der Waals surface area contributed by atoms with Crippen LogP contribution in [0.2, 0.25) is 0 Å². The van der Waals surface area contributed by atoms with E-state index in [0.29, 0.717) is 12.1 Å². The smallest absolute Gasteiger partial charge is 0.235 e. The number of aromatic nitrogens is 3. The monoisotopic (exact) mass is 460 g/mol. The second-order valence-electron chi connectivity index (χ2n) is 10.0. The van der Waals surface area contributed by atoms with E-state index in [-0.39, 0.29) is 11.3 Å². The van der Waals surface area contributed by atoms with Crippen molar-refractivity contribution in [3.8, 4) is 34.4 Å². The Bertz CT molecular complexity index is 1530. The maximum absolute atomic E-state index is 13.3. The van der Waals surface area contributed by atoms with Crippen LogP contribution in [0.1, 0.15) is 17.5 Å². The van der Waals surface area contributed by atoms with Crippen LogP contribution in [0.25, 0.3) is 28.3 Å². The Morgan fingerprint density at radius 1 is 1.06 bits per heavy atom. The Labute approximate surface area is 203 Å². The van der Waals surface area contributed by atoms with Crippen LogP contribution in [0.3, 0.4) is 0 Å². The molecule has 2 saturated heterocycles. The molecule has 0 saturated carbocycles. The van der Waals surface area contributed by atoms with Crippen molar-refractivity contribution >= 4 is 11.6 Å². The van der Waals surface area contributed by atoms with Crippen molar-refractivity contribution in [3.63, 3.8) is 0 Å². The molecule has 0 aliphatic carbocycles. The minimum absolute atomic E-state index is 0.192. The first-order valence-electron chi connectivity index (χ1n) is 11.9. The van der Waals surface area contributed by atoms with Gasteiger partial charge in [0.2, 0.25) is 5.91 Å². The summed E-state index contributed by atoms with van der Waals surface area (Å²) in [7, 11) is 2.08. The average molecular weight is 461 g/mol. The molecule has 0 bridgehead atoms. The molecule has 0 atom stereocenters. The Morgan fingerprint density at radius 2 is 1.89 bits per heavy atom. The molecule has 35 heavy (non-hydrogen) atoms. The van der Waals surface area contributed by atoms with Crippen LogP contribution in [0.4, 0.5) is 5.69 Å². The molecule has 2 aromatic heterocycles. The highest BCUT2D eigenvalue weighted by molar-refractivity contribution is 6.01. The van der Waals surface area contributed by atoms with Crippen molar-refractivity contribution in [3.05, 3.63) is 78.2 Å². The molecule has 2 aromatic carbocycles. The van der Waals surface area contributed by atoms with Gasteiger partial charge in [-0.15, -0.1) is 0 Å². The predicted octanol–water partition coefficient (Wildman–Crippen LogP) is 3.91. The first kappa shape index (κ1) is 20.2. The third-order valence-corrected chi connectivity index (χ3v) is 7.75.